The van der Waals surface area contributed by atoms with Gasteiger partial charge in [0, 0.05) is 12.3 Å². The summed E-state index contributed by atoms with van der Waals surface area (Å²) in [7, 11) is 0. The van der Waals surface area contributed by atoms with E-state index in [1.54, 1.807) is 45.9 Å². The molecule has 0 bridgehead atoms. The van der Waals surface area contributed by atoms with Gasteiger partial charge in [0.25, 0.3) is 0 Å². The monoisotopic (exact) mass is 382 g/mol. The second kappa shape index (κ2) is 7.19. The van der Waals surface area contributed by atoms with Crippen LogP contribution in [0.1, 0.15) is 43.7 Å². The van der Waals surface area contributed by atoms with Crippen LogP contribution in [-0.2, 0) is 16.1 Å². The van der Waals surface area contributed by atoms with Crippen LogP contribution < -0.4 is 0 Å². The van der Waals surface area contributed by atoms with Gasteiger partial charge in [0.2, 0.25) is 0 Å². The van der Waals surface area contributed by atoms with Gasteiger partial charge in [0.15, 0.2) is 5.78 Å². The van der Waals surface area contributed by atoms with Crippen LogP contribution in [0, 0.1) is 12.7 Å². The fourth-order valence-corrected chi connectivity index (χ4v) is 3.01. The second-order valence-corrected chi connectivity index (χ2v) is 7.84. The molecule has 0 spiro atoms. The van der Waals surface area contributed by atoms with Gasteiger partial charge in [-0.05, 0) is 62.6 Å². The van der Waals surface area contributed by atoms with Crippen LogP contribution >= 0.6 is 0 Å². The third kappa shape index (κ3) is 4.11. The Morgan fingerprint density at radius 1 is 1.11 bits per heavy atom. The highest BCUT2D eigenvalue weighted by Crippen LogP contribution is 2.28. The number of fused-ring (bicyclic) bond motifs is 1. The van der Waals surface area contributed by atoms with Crippen LogP contribution in [0.15, 0.2) is 36.4 Å². The van der Waals surface area contributed by atoms with Crippen molar-refractivity contribution in [3.63, 3.8) is 0 Å². The largest absolute Gasteiger partial charge is 0.459 e. The predicted octanol–water partition coefficient (Wildman–Crippen LogP) is 4.70. The molecule has 0 unspecified atom stereocenters. The van der Waals surface area contributed by atoms with E-state index in [0.717, 1.165) is 5.56 Å². The van der Waals surface area contributed by atoms with Gasteiger partial charge in [-0.15, -0.1) is 0 Å². The Bertz CT molecular complexity index is 1080. The van der Waals surface area contributed by atoms with Gasteiger partial charge >= 0.3 is 5.97 Å². The van der Waals surface area contributed by atoms with Gasteiger partial charge in [0.05, 0.1) is 5.52 Å². The molecule has 5 nitrogen and oxygen atoms in total. The average molecular weight is 382 g/mol. The van der Waals surface area contributed by atoms with E-state index in [0.29, 0.717) is 22.0 Å². The van der Waals surface area contributed by atoms with E-state index in [4.69, 9.17) is 4.74 Å². The van der Waals surface area contributed by atoms with Crippen LogP contribution in [-0.4, -0.2) is 27.1 Å². The van der Waals surface area contributed by atoms with E-state index in [1.807, 2.05) is 12.1 Å². The summed E-state index contributed by atoms with van der Waals surface area (Å²) in [5.74, 6) is -0.929. The lowest BCUT2D eigenvalue weighted by Crippen LogP contribution is -2.26. The fourth-order valence-electron chi connectivity index (χ4n) is 3.01. The number of Topliss-reactive ketones (excluding diaryl/α,β-unsaturated/α-hetero) is 1. The summed E-state index contributed by atoms with van der Waals surface area (Å²) in [5, 5.41) is 4.94. The summed E-state index contributed by atoms with van der Waals surface area (Å²) < 4.78 is 20.8. The standard InChI is InChI=1S/C22H23FN2O3/c1-13-6-7-16(11-18(13)23)15-8-9-19-17(10-15)21(14(2)26)24-25(19)12-20(27)28-22(3,4)5/h6-11H,12H2,1-5H3. The number of esters is 1. The van der Waals surface area contributed by atoms with Crippen molar-refractivity contribution in [3.8, 4) is 11.1 Å². The Labute approximate surface area is 163 Å². The lowest BCUT2D eigenvalue weighted by Gasteiger charge is -2.19. The quantitative estimate of drug-likeness (QED) is 0.485. The first-order valence-corrected chi connectivity index (χ1v) is 9.05. The fraction of sp³-hybridized carbons (Fsp3) is 0.318. The Hall–Kier alpha value is -3.02. The molecule has 0 aliphatic heterocycles. The minimum Gasteiger partial charge on any atom is -0.459 e. The third-order valence-corrected chi connectivity index (χ3v) is 4.29. The Morgan fingerprint density at radius 3 is 2.36 bits per heavy atom. The van der Waals surface area contributed by atoms with Gasteiger partial charge in [-0.25, -0.2) is 4.39 Å². The molecule has 0 N–H and O–H groups in total. The lowest BCUT2D eigenvalue weighted by atomic mass is 10.0. The van der Waals surface area contributed by atoms with E-state index < -0.39 is 11.6 Å². The molecular weight excluding hydrogens is 359 g/mol. The van der Waals surface area contributed by atoms with Crippen LogP contribution in [0.4, 0.5) is 4.39 Å². The second-order valence-electron chi connectivity index (χ2n) is 7.84. The molecule has 0 saturated heterocycles. The number of rotatable bonds is 4. The highest BCUT2D eigenvalue weighted by Gasteiger charge is 2.20. The van der Waals surface area contributed by atoms with Gasteiger partial charge < -0.3 is 4.74 Å². The number of hydrogen-bond donors (Lipinski definition) is 0. The summed E-state index contributed by atoms with van der Waals surface area (Å²) >= 11 is 0. The van der Waals surface area contributed by atoms with E-state index in [1.165, 1.54) is 17.7 Å². The Kier molecular flexibility index (Phi) is 5.06. The Balaban J connectivity index is 2.05. The first-order chi connectivity index (χ1) is 13.0. The molecule has 28 heavy (non-hydrogen) atoms. The molecule has 1 aromatic heterocycles. The van der Waals surface area contributed by atoms with Crippen molar-refractivity contribution in [2.75, 3.05) is 0 Å². The third-order valence-electron chi connectivity index (χ3n) is 4.29. The maximum Gasteiger partial charge on any atom is 0.328 e. The number of benzene rings is 2. The highest BCUT2D eigenvalue weighted by molar-refractivity contribution is 6.06. The number of carbonyl (C=O) groups is 2. The van der Waals surface area contributed by atoms with Crippen molar-refractivity contribution in [2.24, 2.45) is 0 Å². The minimum atomic E-state index is -0.605. The highest BCUT2D eigenvalue weighted by atomic mass is 19.1. The molecule has 0 aliphatic carbocycles. The molecule has 146 valence electrons. The summed E-state index contributed by atoms with van der Waals surface area (Å²) in [4.78, 5) is 24.3. The number of aryl methyl sites for hydroxylation is 1. The maximum atomic E-state index is 13.9. The molecule has 0 saturated carbocycles. The number of halogens is 1. The Morgan fingerprint density at radius 2 is 1.75 bits per heavy atom. The van der Waals surface area contributed by atoms with Crippen LogP contribution in [0.5, 0.6) is 0 Å². The molecule has 0 atom stereocenters. The summed E-state index contributed by atoms with van der Waals surface area (Å²) in [6.45, 7) is 8.41. The van der Waals surface area contributed by atoms with Gasteiger partial charge in [-0.1, -0.05) is 18.2 Å². The zero-order chi connectivity index (χ0) is 20.6. The van der Waals surface area contributed by atoms with Crippen LogP contribution in [0.2, 0.25) is 0 Å². The maximum absolute atomic E-state index is 13.9. The number of ether oxygens (including phenoxy) is 1. The summed E-state index contributed by atoms with van der Waals surface area (Å²) in [6.07, 6.45) is 0. The molecule has 0 fully saturated rings. The van der Waals surface area contributed by atoms with Crippen molar-refractivity contribution >= 4 is 22.7 Å². The SMILES string of the molecule is CC(=O)c1nn(CC(=O)OC(C)(C)C)c2ccc(-c3ccc(C)c(F)c3)cc12. The summed E-state index contributed by atoms with van der Waals surface area (Å²) in [5.41, 5.74) is 2.36. The lowest BCUT2D eigenvalue weighted by molar-refractivity contribution is -0.155. The van der Waals surface area contributed by atoms with Crippen molar-refractivity contribution in [2.45, 2.75) is 46.8 Å². The average Bonchev–Trinajstić information content (AvgIpc) is 2.93. The zero-order valence-electron chi connectivity index (χ0n) is 16.7. The van der Waals surface area contributed by atoms with E-state index in [9.17, 15) is 14.0 Å². The molecule has 2 aromatic carbocycles. The normalized spacial score (nSPS) is 11.6. The molecule has 3 aromatic rings. The van der Waals surface area contributed by atoms with Gasteiger partial charge in [-0.2, -0.15) is 5.10 Å². The molecule has 0 aliphatic rings. The topological polar surface area (TPSA) is 61.2 Å². The molecule has 0 radical (unpaired) electrons. The number of ketones is 1. The number of aromatic nitrogens is 2. The van der Waals surface area contributed by atoms with Crippen molar-refractivity contribution in [1.82, 2.24) is 9.78 Å². The first-order valence-electron chi connectivity index (χ1n) is 9.05. The van der Waals surface area contributed by atoms with Crippen LogP contribution in [0.25, 0.3) is 22.0 Å². The summed E-state index contributed by atoms with van der Waals surface area (Å²) in [6, 6.07) is 10.4. The zero-order valence-corrected chi connectivity index (χ0v) is 16.7. The smallest absolute Gasteiger partial charge is 0.328 e. The van der Waals surface area contributed by atoms with Crippen LogP contribution in [0.3, 0.4) is 0 Å². The van der Waals surface area contributed by atoms with E-state index in [-0.39, 0.29) is 23.8 Å². The van der Waals surface area contributed by atoms with Crippen molar-refractivity contribution in [3.05, 3.63) is 53.5 Å². The molecule has 3 rings (SSSR count). The molecule has 1 heterocycles. The molecular formula is C22H23FN2O3. The number of nitrogens with zero attached hydrogens (tertiary/aromatic N) is 2. The van der Waals surface area contributed by atoms with Gasteiger partial charge in [-0.3, -0.25) is 14.3 Å². The minimum absolute atomic E-state index is 0.0977. The predicted molar refractivity (Wildman–Crippen MR) is 106 cm³/mol. The van der Waals surface area contributed by atoms with Crippen molar-refractivity contribution < 1.29 is 18.7 Å². The number of carbonyl (C=O) groups excluding carboxylic acids is 2. The first kappa shape index (κ1) is 19.7. The molecule has 6 heteroatoms. The molecule has 0 amide bonds. The van der Waals surface area contributed by atoms with Crippen molar-refractivity contribution in [1.29, 1.82) is 0 Å². The number of hydrogen-bond acceptors (Lipinski definition) is 4. The van der Waals surface area contributed by atoms with Gasteiger partial charge in [0.1, 0.15) is 23.7 Å². The van der Waals surface area contributed by atoms with E-state index >= 15 is 0 Å². The van der Waals surface area contributed by atoms with E-state index in [2.05, 4.69) is 5.10 Å².